The van der Waals surface area contributed by atoms with Crippen LogP contribution < -0.4 is 15.2 Å². The molecule has 3 N–H and O–H groups in total. The van der Waals surface area contributed by atoms with E-state index >= 15 is 0 Å². The van der Waals surface area contributed by atoms with Crippen LogP contribution in [0.15, 0.2) is 42.5 Å². The van der Waals surface area contributed by atoms with E-state index in [9.17, 15) is 4.79 Å². The van der Waals surface area contributed by atoms with Gasteiger partial charge < -0.3 is 19.9 Å². The maximum atomic E-state index is 11.1. The molecule has 0 unspecified atom stereocenters. The van der Waals surface area contributed by atoms with Gasteiger partial charge in [-0.25, -0.2) is 0 Å². The molecule has 0 aliphatic heterocycles. The molecule has 0 saturated carbocycles. The number of esters is 1. The molecule has 0 aromatic heterocycles. The van der Waals surface area contributed by atoms with Crippen molar-refractivity contribution in [2.24, 2.45) is 5.73 Å². The predicted octanol–water partition coefficient (Wildman–Crippen LogP) is 3.76. The molecule has 0 aliphatic carbocycles. The fourth-order valence-corrected chi connectivity index (χ4v) is 2.64. The highest BCUT2D eigenvalue weighted by Gasteiger charge is 2.08. The first kappa shape index (κ1) is 20.3. The first-order valence-electron chi connectivity index (χ1n) is 8.87. The Bertz CT molecular complexity index is 772. The van der Waals surface area contributed by atoms with Gasteiger partial charge in [0.25, 0.3) is 0 Å². The molecule has 0 bridgehead atoms. The normalized spacial score (nSPS) is 10.3. The van der Waals surface area contributed by atoms with Crippen molar-refractivity contribution in [1.82, 2.24) is 0 Å². The lowest BCUT2D eigenvalue weighted by atomic mass is 10.0. The summed E-state index contributed by atoms with van der Waals surface area (Å²) in [6.45, 7) is 0.560. The number of nitrogens with two attached hydrogens (primary N) is 1. The molecular weight excluding hydrogens is 344 g/mol. The third-order valence-electron chi connectivity index (χ3n) is 4.20. The molecule has 6 nitrogen and oxygen atoms in total. The average molecular weight is 370 g/mol. The van der Waals surface area contributed by atoms with Crippen LogP contribution in [-0.4, -0.2) is 32.6 Å². The van der Waals surface area contributed by atoms with Gasteiger partial charge in [0.1, 0.15) is 5.84 Å². The van der Waals surface area contributed by atoms with Gasteiger partial charge in [-0.2, -0.15) is 0 Å². The number of hydrogen-bond acceptors (Lipinski definition) is 5. The summed E-state index contributed by atoms with van der Waals surface area (Å²) >= 11 is 0. The molecule has 0 spiro atoms. The van der Waals surface area contributed by atoms with Gasteiger partial charge in [-0.3, -0.25) is 10.2 Å². The Morgan fingerprint density at radius 2 is 1.67 bits per heavy atom. The van der Waals surface area contributed by atoms with E-state index < -0.39 is 0 Å². The van der Waals surface area contributed by atoms with Crippen LogP contribution in [-0.2, 0) is 9.53 Å². The van der Waals surface area contributed by atoms with Crippen LogP contribution >= 0.6 is 0 Å². The van der Waals surface area contributed by atoms with Gasteiger partial charge in [-0.1, -0.05) is 30.3 Å². The van der Waals surface area contributed by atoms with Gasteiger partial charge in [-0.05, 0) is 42.5 Å². The molecule has 0 saturated heterocycles. The Morgan fingerprint density at radius 1 is 0.963 bits per heavy atom. The smallest absolute Gasteiger partial charge is 0.305 e. The summed E-state index contributed by atoms with van der Waals surface area (Å²) < 4.78 is 15.9. The molecular formula is C21H26N2O4. The van der Waals surface area contributed by atoms with E-state index in [0.717, 1.165) is 30.4 Å². The number of benzene rings is 2. The molecule has 0 radical (unpaired) electrons. The second kappa shape index (κ2) is 10.2. The van der Waals surface area contributed by atoms with E-state index in [1.807, 2.05) is 42.5 Å². The number of hydrogen-bond donors (Lipinski definition) is 2. The Morgan fingerprint density at radius 3 is 2.30 bits per heavy atom. The Labute approximate surface area is 159 Å². The number of carbonyl (C=O) groups excluding carboxylic acids is 1. The molecule has 144 valence electrons. The second-order valence-electron chi connectivity index (χ2n) is 6.09. The van der Waals surface area contributed by atoms with E-state index in [1.54, 1.807) is 7.11 Å². The number of methoxy groups -OCH3 is 2. The SMILES string of the molecule is COC(=O)CCCCCOc1ccc(-c2ccc(C(=N)N)cc2)cc1OC. The summed E-state index contributed by atoms with van der Waals surface area (Å²) in [6, 6.07) is 13.3. The number of ether oxygens (including phenoxy) is 3. The number of unbranched alkanes of at least 4 members (excludes halogenated alkanes) is 2. The first-order chi connectivity index (χ1) is 13.0. The zero-order chi connectivity index (χ0) is 19.6. The summed E-state index contributed by atoms with van der Waals surface area (Å²) in [6.07, 6.45) is 2.99. The summed E-state index contributed by atoms with van der Waals surface area (Å²) in [4.78, 5) is 11.1. The van der Waals surface area contributed by atoms with E-state index in [1.165, 1.54) is 7.11 Å². The molecule has 0 heterocycles. The van der Waals surface area contributed by atoms with Crippen LogP contribution in [0.3, 0.4) is 0 Å². The number of carbonyl (C=O) groups is 1. The van der Waals surface area contributed by atoms with Crippen molar-refractivity contribution < 1.29 is 19.0 Å². The minimum atomic E-state index is -0.176. The van der Waals surface area contributed by atoms with Crippen molar-refractivity contribution in [3.05, 3.63) is 48.0 Å². The fourth-order valence-electron chi connectivity index (χ4n) is 2.64. The summed E-state index contributed by atoms with van der Waals surface area (Å²) in [5, 5.41) is 7.46. The van der Waals surface area contributed by atoms with Gasteiger partial charge in [0.15, 0.2) is 11.5 Å². The molecule has 0 atom stereocenters. The molecule has 0 fully saturated rings. The standard InChI is InChI=1S/C21H26N2O4/c1-25-19-14-17(15-7-9-16(10-8-15)21(22)23)11-12-18(19)27-13-5-3-4-6-20(24)26-2/h7-12,14H,3-6,13H2,1-2H3,(H3,22,23). The van der Waals surface area contributed by atoms with Crippen LogP contribution in [0, 0.1) is 5.41 Å². The van der Waals surface area contributed by atoms with Crippen molar-refractivity contribution in [3.63, 3.8) is 0 Å². The van der Waals surface area contributed by atoms with Gasteiger partial charge in [0, 0.05) is 12.0 Å². The highest BCUT2D eigenvalue weighted by atomic mass is 16.5. The molecule has 2 aromatic rings. The van der Waals surface area contributed by atoms with Crippen molar-refractivity contribution in [3.8, 4) is 22.6 Å². The zero-order valence-electron chi connectivity index (χ0n) is 15.8. The topological polar surface area (TPSA) is 94.6 Å². The van der Waals surface area contributed by atoms with Crippen LogP contribution in [0.1, 0.15) is 31.2 Å². The third-order valence-corrected chi connectivity index (χ3v) is 4.20. The summed E-state index contributed by atoms with van der Waals surface area (Å²) in [5.74, 6) is 1.23. The minimum absolute atomic E-state index is 0.0504. The predicted molar refractivity (Wildman–Crippen MR) is 105 cm³/mol. The van der Waals surface area contributed by atoms with Gasteiger partial charge in [0.2, 0.25) is 0 Å². The highest BCUT2D eigenvalue weighted by molar-refractivity contribution is 5.95. The second-order valence-corrected chi connectivity index (χ2v) is 6.09. The van der Waals surface area contributed by atoms with E-state index in [2.05, 4.69) is 4.74 Å². The highest BCUT2D eigenvalue weighted by Crippen LogP contribution is 2.32. The minimum Gasteiger partial charge on any atom is -0.493 e. The molecule has 0 amide bonds. The average Bonchev–Trinajstić information content (AvgIpc) is 2.70. The largest absolute Gasteiger partial charge is 0.493 e. The molecule has 2 rings (SSSR count). The van der Waals surface area contributed by atoms with Crippen LogP contribution in [0.25, 0.3) is 11.1 Å². The van der Waals surface area contributed by atoms with Crippen molar-refractivity contribution in [2.75, 3.05) is 20.8 Å². The molecule has 2 aromatic carbocycles. The number of nitrogen functional groups attached to an aromatic ring is 1. The van der Waals surface area contributed by atoms with Crippen molar-refractivity contribution >= 4 is 11.8 Å². The first-order valence-corrected chi connectivity index (χ1v) is 8.87. The molecule has 27 heavy (non-hydrogen) atoms. The Hall–Kier alpha value is -3.02. The lowest BCUT2D eigenvalue weighted by Gasteiger charge is -2.12. The van der Waals surface area contributed by atoms with Crippen LogP contribution in [0.2, 0.25) is 0 Å². The van der Waals surface area contributed by atoms with Gasteiger partial charge in [0.05, 0.1) is 20.8 Å². The molecule has 0 aliphatic rings. The van der Waals surface area contributed by atoms with Gasteiger partial charge >= 0.3 is 5.97 Å². The maximum absolute atomic E-state index is 11.1. The number of nitrogens with one attached hydrogen (secondary N) is 1. The van der Waals surface area contributed by atoms with E-state index in [-0.39, 0.29) is 11.8 Å². The van der Waals surface area contributed by atoms with Gasteiger partial charge in [-0.15, -0.1) is 0 Å². The van der Waals surface area contributed by atoms with E-state index in [0.29, 0.717) is 30.1 Å². The van der Waals surface area contributed by atoms with Crippen molar-refractivity contribution in [2.45, 2.75) is 25.7 Å². The third kappa shape index (κ3) is 6.02. The maximum Gasteiger partial charge on any atom is 0.305 e. The summed E-state index contributed by atoms with van der Waals surface area (Å²) in [7, 11) is 3.01. The fraction of sp³-hybridized carbons (Fsp3) is 0.333. The summed E-state index contributed by atoms with van der Waals surface area (Å²) in [5.41, 5.74) is 8.18. The lowest BCUT2D eigenvalue weighted by molar-refractivity contribution is -0.140. The van der Waals surface area contributed by atoms with Crippen molar-refractivity contribution in [1.29, 1.82) is 5.41 Å². The van der Waals surface area contributed by atoms with Crippen LogP contribution in [0.4, 0.5) is 0 Å². The van der Waals surface area contributed by atoms with E-state index in [4.69, 9.17) is 20.6 Å². The zero-order valence-corrected chi connectivity index (χ0v) is 15.8. The Kier molecular flexibility index (Phi) is 7.67. The number of rotatable bonds is 10. The molecule has 6 heteroatoms. The lowest BCUT2D eigenvalue weighted by Crippen LogP contribution is -2.10. The monoisotopic (exact) mass is 370 g/mol. The number of amidine groups is 1. The van der Waals surface area contributed by atoms with Crippen LogP contribution in [0.5, 0.6) is 11.5 Å². The quantitative estimate of drug-likeness (QED) is 0.287. The Balaban J connectivity index is 1.93.